The fourth-order valence-corrected chi connectivity index (χ4v) is 5.18. The van der Waals surface area contributed by atoms with Crippen LogP contribution < -0.4 is 5.32 Å². The SMILES string of the molecule is CNC1CS(=O)(=O)CCN(CC2CCCS2)C1=O. The van der Waals surface area contributed by atoms with Crippen molar-refractivity contribution in [2.24, 2.45) is 0 Å². The topological polar surface area (TPSA) is 66.5 Å². The number of rotatable bonds is 3. The average Bonchev–Trinajstić information content (AvgIpc) is 2.79. The molecule has 0 aromatic rings. The third-order valence-electron chi connectivity index (χ3n) is 3.50. The van der Waals surface area contributed by atoms with Gasteiger partial charge in [0, 0.05) is 18.3 Å². The highest BCUT2D eigenvalue weighted by atomic mass is 32.2. The molecular weight excluding hydrogens is 272 g/mol. The molecule has 2 heterocycles. The zero-order valence-corrected chi connectivity index (χ0v) is 12.2. The number of hydrogen-bond donors (Lipinski definition) is 1. The van der Waals surface area contributed by atoms with E-state index < -0.39 is 15.9 Å². The van der Waals surface area contributed by atoms with Crippen LogP contribution in [0, 0.1) is 0 Å². The zero-order valence-electron chi connectivity index (χ0n) is 10.6. The molecule has 2 aliphatic heterocycles. The van der Waals surface area contributed by atoms with Crippen molar-refractivity contribution in [1.82, 2.24) is 10.2 Å². The minimum Gasteiger partial charge on any atom is -0.339 e. The fourth-order valence-electron chi connectivity index (χ4n) is 2.41. The van der Waals surface area contributed by atoms with E-state index in [4.69, 9.17) is 0 Å². The highest BCUT2D eigenvalue weighted by Gasteiger charge is 2.34. The second-order valence-electron chi connectivity index (χ2n) is 4.87. The molecule has 2 unspecified atom stereocenters. The summed E-state index contributed by atoms with van der Waals surface area (Å²) in [4.78, 5) is 14.0. The van der Waals surface area contributed by atoms with E-state index in [0.717, 1.165) is 12.2 Å². The number of carbonyl (C=O) groups is 1. The van der Waals surface area contributed by atoms with Gasteiger partial charge in [-0.05, 0) is 25.6 Å². The maximum atomic E-state index is 12.2. The molecule has 0 aromatic carbocycles. The largest absolute Gasteiger partial charge is 0.339 e. The summed E-state index contributed by atoms with van der Waals surface area (Å²) >= 11 is 1.89. The van der Waals surface area contributed by atoms with Crippen LogP contribution in [0.15, 0.2) is 0 Å². The summed E-state index contributed by atoms with van der Waals surface area (Å²) < 4.78 is 23.5. The summed E-state index contributed by atoms with van der Waals surface area (Å²) in [5.74, 6) is 1.11. The third kappa shape index (κ3) is 3.39. The second-order valence-corrected chi connectivity index (χ2v) is 8.51. The summed E-state index contributed by atoms with van der Waals surface area (Å²) in [6.07, 6.45) is 2.33. The Labute approximate surface area is 113 Å². The number of sulfone groups is 1. The predicted molar refractivity (Wildman–Crippen MR) is 73.6 cm³/mol. The Hall–Kier alpha value is -0.270. The molecule has 0 aromatic heterocycles. The van der Waals surface area contributed by atoms with Gasteiger partial charge in [-0.2, -0.15) is 11.8 Å². The van der Waals surface area contributed by atoms with E-state index in [2.05, 4.69) is 5.32 Å². The van der Waals surface area contributed by atoms with Gasteiger partial charge in [-0.25, -0.2) is 8.42 Å². The molecule has 0 spiro atoms. The second kappa shape index (κ2) is 5.79. The smallest absolute Gasteiger partial charge is 0.240 e. The van der Waals surface area contributed by atoms with E-state index in [0.29, 0.717) is 18.3 Å². The lowest BCUT2D eigenvalue weighted by atomic mass is 10.2. The van der Waals surface area contributed by atoms with Gasteiger partial charge in [0.15, 0.2) is 9.84 Å². The van der Waals surface area contributed by atoms with Crippen LogP contribution in [0.4, 0.5) is 0 Å². The number of nitrogens with zero attached hydrogens (tertiary/aromatic N) is 1. The van der Waals surface area contributed by atoms with Crippen molar-refractivity contribution >= 4 is 27.5 Å². The Balaban J connectivity index is 2.06. The molecule has 1 N–H and O–H groups in total. The number of hydrogen-bond acceptors (Lipinski definition) is 5. The standard InChI is InChI=1S/C11H20N2O3S2/c1-12-10-8-18(15,16)6-4-13(11(10)14)7-9-3-2-5-17-9/h9-10,12H,2-8H2,1H3. The number of nitrogens with one attached hydrogen (secondary N) is 1. The van der Waals surface area contributed by atoms with Gasteiger partial charge in [-0.15, -0.1) is 0 Å². The van der Waals surface area contributed by atoms with Crippen LogP contribution >= 0.6 is 11.8 Å². The van der Waals surface area contributed by atoms with Crippen LogP contribution in [-0.2, 0) is 14.6 Å². The summed E-state index contributed by atoms with van der Waals surface area (Å²) in [7, 11) is -1.47. The average molecular weight is 292 g/mol. The van der Waals surface area contributed by atoms with E-state index >= 15 is 0 Å². The number of thioether (sulfide) groups is 1. The third-order valence-corrected chi connectivity index (χ3v) is 6.53. The van der Waals surface area contributed by atoms with Crippen LogP contribution in [0.2, 0.25) is 0 Å². The molecule has 0 bridgehead atoms. The molecule has 104 valence electrons. The molecule has 2 aliphatic rings. The molecule has 5 nitrogen and oxygen atoms in total. The van der Waals surface area contributed by atoms with Gasteiger partial charge in [0.05, 0.1) is 11.5 Å². The van der Waals surface area contributed by atoms with Crippen molar-refractivity contribution in [2.45, 2.75) is 24.1 Å². The lowest BCUT2D eigenvalue weighted by Crippen LogP contribution is -2.47. The number of likely N-dealkylation sites (N-methyl/N-ethyl adjacent to an activating group) is 1. The Morgan fingerprint density at radius 1 is 1.50 bits per heavy atom. The first-order valence-corrected chi connectivity index (χ1v) is 9.17. The van der Waals surface area contributed by atoms with Crippen LogP contribution in [0.5, 0.6) is 0 Å². The molecule has 0 aliphatic carbocycles. The quantitative estimate of drug-likeness (QED) is 0.775. The molecular formula is C11H20N2O3S2. The van der Waals surface area contributed by atoms with E-state index in [1.165, 1.54) is 6.42 Å². The number of amides is 1. The zero-order chi connectivity index (χ0) is 13.2. The molecule has 2 atom stereocenters. The lowest BCUT2D eigenvalue weighted by molar-refractivity contribution is -0.132. The first-order chi connectivity index (χ1) is 8.52. The van der Waals surface area contributed by atoms with E-state index in [1.54, 1.807) is 11.9 Å². The molecule has 2 rings (SSSR count). The van der Waals surface area contributed by atoms with Gasteiger partial charge in [-0.1, -0.05) is 0 Å². The maximum Gasteiger partial charge on any atom is 0.240 e. The van der Waals surface area contributed by atoms with E-state index in [-0.39, 0.29) is 17.4 Å². The van der Waals surface area contributed by atoms with Gasteiger partial charge < -0.3 is 10.2 Å². The van der Waals surface area contributed by atoms with Gasteiger partial charge >= 0.3 is 0 Å². The van der Waals surface area contributed by atoms with Crippen molar-refractivity contribution in [3.8, 4) is 0 Å². The van der Waals surface area contributed by atoms with Crippen LogP contribution in [0.3, 0.4) is 0 Å². The van der Waals surface area contributed by atoms with Gasteiger partial charge in [0.1, 0.15) is 6.04 Å². The maximum absolute atomic E-state index is 12.2. The van der Waals surface area contributed by atoms with Crippen LogP contribution in [0.25, 0.3) is 0 Å². The van der Waals surface area contributed by atoms with E-state index in [1.807, 2.05) is 11.8 Å². The van der Waals surface area contributed by atoms with Crippen molar-refractivity contribution < 1.29 is 13.2 Å². The van der Waals surface area contributed by atoms with Crippen molar-refractivity contribution in [2.75, 3.05) is 37.4 Å². The number of carbonyl (C=O) groups excluding carboxylic acids is 1. The molecule has 2 fully saturated rings. The highest BCUT2D eigenvalue weighted by Crippen LogP contribution is 2.27. The predicted octanol–water partition coefficient (Wildman–Crippen LogP) is -0.273. The lowest BCUT2D eigenvalue weighted by Gasteiger charge is -2.25. The van der Waals surface area contributed by atoms with Gasteiger partial charge in [0.25, 0.3) is 0 Å². The Kier molecular flexibility index (Phi) is 4.55. The normalized spacial score (nSPS) is 32.5. The minimum atomic E-state index is -3.11. The fraction of sp³-hybridized carbons (Fsp3) is 0.909. The van der Waals surface area contributed by atoms with E-state index in [9.17, 15) is 13.2 Å². The Morgan fingerprint density at radius 2 is 2.28 bits per heavy atom. The van der Waals surface area contributed by atoms with Crippen molar-refractivity contribution in [1.29, 1.82) is 0 Å². The molecule has 2 saturated heterocycles. The Morgan fingerprint density at radius 3 is 2.89 bits per heavy atom. The molecule has 1 amide bonds. The van der Waals surface area contributed by atoms with Crippen LogP contribution in [-0.4, -0.2) is 67.9 Å². The minimum absolute atomic E-state index is 0.0638. The molecule has 0 saturated carbocycles. The molecule has 7 heteroatoms. The van der Waals surface area contributed by atoms with Gasteiger partial charge in [0.2, 0.25) is 5.91 Å². The Bertz CT molecular complexity index is 405. The summed E-state index contributed by atoms with van der Waals surface area (Å²) in [6, 6.07) is -0.580. The van der Waals surface area contributed by atoms with Crippen molar-refractivity contribution in [3.63, 3.8) is 0 Å². The molecule has 18 heavy (non-hydrogen) atoms. The summed E-state index contributed by atoms with van der Waals surface area (Å²) in [5, 5.41) is 3.31. The summed E-state index contributed by atoms with van der Waals surface area (Å²) in [5.41, 5.74) is 0. The monoisotopic (exact) mass is 292 g/mol. The summed E-state index contributed by atoms with van der Waals surface area (Å²) in [6.45, 7) is 1.04. The molecule has 0 radical (unpaired) electrons. The highest BCUT2D eigenvalue weighted by molar-refractivity contribution is 8.00. The van der Waals surface area contributed by atoms with Gasteiger partial charge in [-0.3, -0.25) is 4.79 Å². The van der Waals surface area contributed by atoms with Crippen molar-refractivity contribution in [3.05, 3.63) is 0 Å². The first kappa shape index (κ1) is 14.1. The first-order valence-electron chi connectivity index (χ1n) is 6.30. The van der Waals surface area contributed by atoms with Crippen LogP contribution in [0.1, 0.15) is 12.8 Å².